The van der Waals surface area contributed by atoms with Crippen molar-refractivity contribution in [1.29, 1.82) is 0 Å². The van der Waals surface area contributed by atoms with Gasteiger partial charge in [-0.05, 0) is 18.6 Å². The Morgan fingerprint density at radius 3 is 2.59 bits per heavy atom. The van der Waals surface area contributed by atoms with Crippen molar-refractivity contribution >= 4 is 11.6 Å². The molecule has 17 heavy (non-hydrogen) atoms. The van der Waals surface area contributed by atoms with E-state index in [-0.39, 0.29) is 6.04 Å². The molecular formula is C12H13ClN4. The zero-order valence-corrected chi connectivity index (χ0v) is 10.1. The largest absolute Gasteiger partial charge is 0.271 e. The summed E-state index contributed by atoms with van der Waals surface area (Å²) in [6.07, 6.45) is 3.40. The number of hydrogen-bond acceptors (Lipinski definition) is 4. The summed E-state index contributed by atoms with van der Waals surface area (Å²) in [5.74, 6) is 5.57. The van der Waals surface area contributed by atoms with Crippen molar-refractivity contribution in [3.05, 3.63) is 58.6 Å². The van der Waals surface area contributed by atoms with Gasteiger partial charge in [-0.25, -0.2) is 5.43 Å². The fraction of sp³-hybridized carbons (Fsp3) is 0.167. The second-order valence-electron chi connectivity index (χ2n) is 3.70. The van der Waals surface area contributed by atoms with Crippen LogP contribution in [0.25, 0.3) is 0 Å². The minimum absolute atomic E-state index is 0.253. The quantitative estimate of drug-likeness (QED) is 0.644. The summed E-state index contributed by atoms with van der Waals surface area (Å²) in [6, 6.07) is 7.27. The van der Waals surface area contributed by atoms with Crippen LogP contribution < -0.4 is 11.3 Å². The van der Waals surface area contributed by atoms with Gasteiger partial charge in [-0.2, -0.15) is 0 Å². The average molecular weight is 249 g/mol. The van der Waals surface area contributed by atoms with Crippen LogP contribution in [0.5, 0.6) is 0 Å². The normalized spacial score (nSPS) is 12.4. The summed E-state index contributed by atoms with van der Waals surface area (Å²) in [7, 11) is 0. The Kier molecular flexibility index (Phi) is 3.68. The lowest BCUT2D eigenvalue weighted by Gasteiger charge is -2.16. The summed E-state index contributed by atoms with van der Waals surface area (Å²) >= 11 is 6.14. The first-order valence-electron chi connectivity index (χ1n) is 5.21. The predicted octanol–water partition coefficient (Wildman–Crippen LogP) is 1.99. The molecule has 2 aromatic rings. The number of nitrogens with two attached hydrogens (primary N) is 1. The summed E-state index contributed by atoms with van der Waals surface area (Å²) in [5, 5.41) is 0.651. The number of rotatable bonds is 3. The van der Waals surface area contributed by atoms with Gasteiger partial charge >= 0.3 is 0 Å². The lowest BCUT2D eigenvalue weighted by Crippen LogP contribution is -2.29. The van der Waals surface area contributed by atoms with E-state index in [1.807, 2.05) is 31.2 Å². The molecule has 0 aliphatic heterocycles. The van der Waals surface area contributed by atoms with Crippen molar-refractivity contribution < 1.29 is 0 Å². The molecule has 5 heteroatoms. The van der Waals surface area contributed by atoms with Crippen molar-refractivity contribution in [2.75, 3.05) is 0 Å². The van der Waals surface area contributed by atoms with Gasteiger partial charge in [0.15, 0.2) is 0 Å². The molecule has 0 saturated carbocycles. The molecule has 1 unspecified atom stereocenters. The monoisotopic (exact) mass is 248 g/mol. The van der Waals surface area contributed by atoms with Crippen molar-refractivity contribution in [3.63, 3.8) is 0 Å². The second kappa shape index (κ2) is 5.23. The molecule has 0 aliphatic rings. The first-order valence-corrected chi connectivity index (χ1v) is 5.59. The molecule has 2 rings (SSSR count). The zero-order valence-electron chi connectivity index (χ0n) is 9.39. The third-order valence-corrected chi connectivity index (χ3v) is 2.82. The fourth-order valence-electron chi connectivity index (χ4n) is 1.60. The first-order chi connectivity index (χ1) is 8.22. The minimum atomic E-state index is -0.253. The van der Waals surface area contributed by atoms with E-state index in [1.54, 1.807) is 12.4 Å². The van der Waals surface area contributed by atoms with E-state index in [4.69, 9.17) is 17.4 Å². The zero-order chi connectivity index (χ0) is 12.3. The highest BCUT2D eigenvalue weighted by atomic mass is 35.5. The molecule has 0 radical (unpaired) electrons. The Morgan fingerprint density at radius 2 is 2.00 bits per heavy atom. The smallest absolute Gasteiger partial charge is 0.0911 e. The van der Waals surface area contributed by atoms with Crippen LogP contribution >= 0.6 is 11.6 Å². The van der Waals surface area contributed by atoms with E-state index in [2.05, 4.69) is 15.4 Å². The molecule has 4 nitrogen and oxygen atoms in total. The van der Waals surface area contributed by atoms with E-state index in [9.17, 15) is 0 Å². The Balaban J connectivity index is 2.40. The maximum Gasteiger partial charge on any atom is 0.0911 e. The van der Waals surface area contributed by atoms with Crippen LogP contribution in [0.3, 0.4) is 0 Å². The Hall–Kier alpha value is -1.49. The Labute approximate surface area is 105 Å². The van der Waals surface area contributed by atoms with Gasteiger partial charge in [0.1, 0.15) is 0 Å². The molecule has 0 fully saturated rings. The lowest BCUT2D eigenvalue weighted by atomic mass is 10.0. The van der Waals surface area contributed by atoms with Crippen LogP contribution in [-0.2, 0) is 0 Å². The van der Waals surface area contributed by atoms with Crippen molar-refractivity contribution in [3.8, 4) is 0 Å². The summed E-state index contributed by atoms with van der Waals surface area (Å²) < 4.78 is 0. The van der Waals surface area contributed by atoms with Crippen LogP contribution in [-0.4, -0.2) is 9.97 Å². The fourth-order valence-corrected chi connectivity index (χ4v) is 1.84. The maximum atomic E-state index is 6.14. The predicted molar refractivity (Wildman–Crippen MR) is 67.4 cm³/mol. The number of hydrazine groups is 1. The number of benzene rings is 1. The van der Waals surface area contributed by atoms with Crippen molar-refractivity contribution in [2.45, 2.75) is 13.0 Å². The SMILES string of the molecule is Cc1cnc(C(NN)c2ccccc2Cl)cn1. The molecule has 1 atom stereocenters. The van der Waals surface area contributed by atoms with Gasteiger partial charge in [-0.3, -0.25) is 15.8 Å². The van der Waals surface area contributed by atoms with Crippen LogP contribution in [0, 0.1) is 6.92 Å². The number of aryl methyl sites for hydroxylation is 1. The van der Waals surface area contributed by atoms with E-state index < -0.39 is 0 Å². The maximum absolute atomic E-state index is 6.14. The molecule has 3 N–H and O–H groups in total. The first kappa shape index (κ1) is 12.0. The molecule has 0 saturated heterocycles. The second-order valence-corrected chi connectivity index (χ2v) is 4.11. The highest BCUT2D eigenvalue weighted by Gasteiger charge is 2.16. The Bertz CT molecular complexity index is 498. The number of nitrogens with zero attached hydrogens (tertiary/aromatic N) is 2. The molecule has 1 aromatic carbocycles. The number of aromatic nitrogens is 2. The molecule has 0 amide bonds. The summed E-state index contributed by atoms with van der Waals surface area (Å²) in [6.45, 7) is 1.89. The number of hydrogen-bond donors (Lipinski definition) is 2. The Morgan fingerprint density at radius 1 is 1.24 bits per heavy atom. The van der Waals surface area contributed by atoms with Gasteiger partial charge in [-0.15, -0.1) is 0 Å². The van der Waals surface area contributed by atoms with Gasteiger partial charge in [-0.1, -0.05) is 29.8 Å². The number of nitrogens with one attached hydrogen (secondary N) is 1. The van der Waals surface area contributed by atoms with Crippen LogP contribution in [0.2, 0.25) is 5.02 Å². The molecule has 0 aliphatic carbocycles. The average Bonchev–Trinajstić information content (AvgIpc) is 2.35. The summed E-state index contributed by atoms with van der Waals surface area (Å²) in [5.41, 5.74) is 5.20. The third-order valence-electron chi connectivity index (χ3n) is 2.48. The highest BCUT2D eigenvalue weighted by Crippen LogP contribution is 2.25. The standard InChI is InChI=1S/C12H13ClN4/c1-8-6-16-11(7-15-8)12(17-14)9-4-2-3-5-10(9)13/h2-7,12,17H,14H2,1H3. The van der Waals surface area contributed by atoms with Crippen molar-refractivity contribution in [2.24, 2.45) is 5.84 Å². The van der Waals surface area contributed by atoms with E-state index in [0.717, 1.165) is 17.0 Å². The van der Waals surface area contributed by atoms with Gasteiger partial charge in [0.05, 0.1) is 23.6 Å². The molecule has 88 valence electrons. The molecule has 0 bridgehead atoms. The van der Waals surface area contributed by atoms with Crippen LogP contribution in [0.15, 0.2) is 36.7 Å². The molecule has 1 heterocycles. The third kappa shape index (κ3) is 2.61. The van der Waals surface area contributed by atoms with E-state index >= 15 is 0 Å². The minimum Gasteiger partial charge on any atom is -0.271 e. The highest BCUT2D eigenvalue weighted by molar-refractivity contribution is 6.31. The van der Waals surface area contributed by atoms with E-state index in [0.29, 0.717) is 5.02 Å². The molecule has 0 spiro atoms. The van der Waals surface area contributed by atoms with Crippen molar-refractivity contribution in [1.82, 2.24) is 15.4 Å². The van der Waals surface area contributed by atoms with Gasteiger partial charge in [0, 0.05) is 11.2 Å². The molecular weight excluding hydrogens is 236 g/mol. The van der Waals surface area contributed by atoms with Crippen LogP contribution in [0.1, 0.15) is 23.0 Å². The van der Waals surface area contributed by atoms with Gasteiger partial charge < -0.3 is 0 Å². The van der Waals surface area contributed by atoms with Gasteiger partial charge in [0.25, 0.3) is 0 Å². The topological polar surface area (TPSA) is 63.8 Å². The number of halogens is 1. The van der Waals surface area contributed by atoms with Gasteiger partial charge in [0.2, 0.25) is 0 Å². The lowest BCUT2D eigenvalue weighted by molar-refractivity contribution is 0.617. The van der Waals surface area contributed by atoms with Crippen LogP contribution in [0.4, 0.5) is 0 Å². The molecule has 1 aromatic heterocycles. The summed E-state index contributed by atoms with van der Waals surface area (Å²) in [4.78, 5) is 8.51. The van der Waals surface area contributed by atoms with E-state index in [1.165, 1.54) is 0 Å².